The summed E-state index contributed by atoms with van der Waals surface area (Å²) in [4.78, 5) is 13.6. The minimum absolute atomic E-state index is 0.212. The van der Waals surface area contributed by atoms with E-state index in [0.717, 1.165) is 0 Å². The Morgan fingerprint density at radius 1 is 0.688 bits per heavy atom. The summed E-state index contributed by atoms with van der Waals surface area (Å²) in [5, 5.41) is 5.16. The second-order valence-corrected chi connectivity index (χ2v) is 10.6. The van der Waals surface area contributed by atoms with Crippen molar-refractivity contribution in [3.05, 3.63) is 130 Å². The Morgan fingerprint density at radius 3 is 1.69 bits per heavy atom. The highest BCUT2D eigenvalue weighted by Crippen LogP contribution is 2.43. The van der Waals surface area contributed by atoms with Gasteiger partial charge in [0, 0.05) is 16.2 Å². The van der Waals surface area contributed by atoms with E-state index in [-0.39, 0.29) is 5.78 Å². The summed E-state index contributed by atoms with van der Waals surface area (Å²) in [6.07, 6.45) is 0. The van der Waals surface area contributed by atoms with Gasteiger partial charge in [-0.1, -0.05) is 96.0 Å². The molecule has 0 fully saturated rings. The van der Waals surface area contributed by atoms with Crippen molar-refractivity contribution in [1.29, 1.82) is 0 Å². The van der Waals surface area contributed by atoms with Gasteiger partial charge in [-0.25, -0.2) is 5.09 Å². The van der Waals surface area contributed by atoms with Crippen molar-refractivity contribution in [2.75, 3.05) is 0 Å². The fourth-order valence-corrected chi connectivity index (χ4v) is 6.22. The van der Waals surface area contributed by atoms with Gasteiger partial charge in [-0.3, -0.25) is 9.36 Å². The largest absolute Gasteiger partial charge is 0.296 e. The molecule has 0 spiro atoms. The number of ketones is 1. The number of halogens is 2. The molecular weight excluding hydrogens is 460 g/mol. The van der Waals surface area contributed by atoms with E-state index in [9.17, 15) is 9.36 Å². The Balaban J connectivity index is 1.86. The zero-order chi connectivity index (χ0) is 22.6. The summed E-state index contributed by atoms with van der Waals surface area (Å²) in [6, 6.07) is 31.3. The Bertz CT molecular complexity index is 1220. The fourth-order valence-electron chi connectivity index (χ4n) is 3.50. The molecule has 3 nitrogen and oxygen atoms in total. The minimum Gasteiger partial charge on any atom is -0.296 e. The molecule has 4 rings (SSSR count). The summed E-state index contributed by atoms with van der Waals surface area (Å²) in [6.45, 7) is 0. The standard InChI is InChI=1S/C26H20Cl2NO2P/c27-23-17-16-20(18-24(23)28)25(26(30)19-10-4-1-5-11-19)29-32(31,21-12-6-2-7-13-21)22-14-8-3-9-15-22/h1-18,25H,(H,29,31). The van der Waals surface area contributed by atoms with Crippen LogP contribution in [0, 0.1) is 0 Å². The predicted octanol–water partition coefficient (Wildman–Crippen LogP) is 6.44. The van der Waals surface area contributed by atoms with Gasteiger partial charge in [0.2, 0.25) is 7.29 Å². The molecule has 0 saturated heterocycles. The average Bonchev–Trinajstić information content (AvgIpc) is 2.85. The van der Waals surface area contributed by atoms with Gasteiger partial charge in [0.25, 0.3) is 0 Å². The van der Waals surface area contributed by atoms with Crippen LogP contribution in [0.15, 0.2) is 109 Å². The van der Waals surface area contributed by atoms with Crippen LogP contribution in [0.5, 0.6) is 0 Å². The maximum atomic E-state index is 14.6. The number of hydrogen-bond donors (Lipinski definition) is 1. The first-order chi connectivity index (χ1) is 15.5. The van der Waals surface area contributed by atoms with Crippen molar-refractivity contribution in [2.45, 2.75) is 6.04 Å². The molecule has 0 radical (unpaired) electrons. The topological polar surface area (TPSA) is 46.2 Å². The lowest BCUT2D eigenvalue weighted by Crippen LogP contribution is -2.34. The number of Topliss-reactive ketones (excluding diaryl/α,β-unsaturated/α-hetero) is 1. The Morgan fingerprint density at radius 2 is 1.19 bits per heavy atom. The van der Waals surface area contributed by atoms with Gasteiger partial charge < -0.3 is 0 Å². The third-order valence-electron chi connectivity index (χ3n) is 5.15. The zero-order valence-electron chi connectivity index (χ0n) is 17.0. The molecule has 0 aliphatic heterocycles. The van der Waals surface area contributed by atoms with E-state index >= 15 is 0 Å². The zero-order valence-corrected chi connectivity index (χ0v) is 19.4. The lowest BCUT2D eigenvalue weighted by molar-refractivity contribution is 0.0954. The van der Waals surface area contributed by atoms with Crippen molar-refractivity contribution in [1.82, 2.24) is 5.09 Å². The lowest BCUT2D eigenvalue weighted by Gasteiger charge is -2.27. The highest BCUT2D eigenvalue weighted by atomic mass is 35.5. The molecule has 0 heterocycles. The minimum atomic E-state index is -3.39. The maximum Gasteiger partial charge on any atom is 0.205 e. The molecular formula is C26H20Cl2NO2P. The van der Waals surface area contributed by atoms with E-state index in [2.05, 4.69) is 5.09 Å². The van der Waals surface area contributed by atoms with Crippen LogP contribution in [0.3, 0.4) is 0 Å². The highest BCUT2D eigenvalue weighted by molar-refractivity contribution is 7.77. The third-order valence-corrected chi connectivity index (χ3v) is 8.56. The molecule has 160 valence electrons. The Kier molecular flexibility index (Phi) is 6.93. The predicted molar refractivity (Wildman–Crippen MR) is 133 cm³/mol. The first kappa shape index (κ1) is 22.5. The van der Waals surface area contributed by atoms with Crippen molar-refractivity contribution in [3.63, 3.8) is 0 Å². The van der Waals surface area contributed by atoms with Gasteiger partial charge >= 0.3 is 0 Å². The molecule has 0 bridgehead atoms. The molecule has 4 aromatic rings. The molecule has 1 N–H and O–H groups in total. The summed E-state index contributed by atoms with van der Waals surface area (Å²) in [7, 11) is -3.39. The third kappa shape index (κ3) is 4.72. The van der Waals surface area contributed by atoms with Crippen LogP contribution in [0.2, 0.25) is 10.0 Å². The van der Waals surface area contributed by atoms with Gasteiger partial charge in [0.1, 0.15) is 6.04 Å². The summed E-state index contributed by atoms with van der Waals surface area (Å²) < 4.78 is 14.6. The van der Waals surface area contributed by atoms with Crippen molar-refractivity contribution < 1.29 is 9.36 Å². The quantitative estimate of drug-likeness (QED) is 0.245. The van der Waals surface area contributed by atoms with Crippen molar-refractivity contribution in [2.24, 2.45) is 0 Å². The molecule has 6 heteroatoms. The van der Waals surface area contributed by atoms with E-state index in [1.54, 1.807) is 66.7 Å². The SMILES string of the molecule is O=C(c1ccccc1)C(NP(=O)(c1ccccc1)c1ccccc1)c1ccc(Cl)c(Cl)c1. The second-order valence-electron chi connectivity index (χ2n) is 7.25. The van der Waals surface area contributed by atoms with Crippen molar-refractivity contribution >= 4 is 46.9 Å². The number of carbonyl (C=O) groups excluding carboxylic acids is 1. The molecule has 32 heavy (non-hydrogen) atoms. The Labute approximate surface area is 197 Å². The van der Waals surface area contributed by atoms with E-state index < -0.39 is 13.3 Å². The lowest BCUT2D eigenvalue weighted by atomic mass is 9.98. The maximum absolute atomic E-state index is 14.6. The van der Waals surface area contributed by atoms with Gasteiger partial charge in [0.15, 0.2) is 5.78 Å². The van der Waals surface area contributed by atoms with E-state index in [0.29, 0.717) is 31.8 Å². The average molecular weight is 480 g/mol. The molecule has 0 aliphatic rings. The van der Waals surface area contributed by atoms with Crippen LogP contribution in [0.1, 0.15) is 22.0 Å². The number of hydrogen-bond acceptors (Lipinski definition) is 2. The number of benzene rings is 4. The highest BCUT2D eigenvalue weighted by Gasteiger charge is 2.34. The van der Waals surface area contributed by atoms with Crippen LogP contribution in [-0.2, 0) is 4.57 Å². The molecule has 1 unspecified atom stereocenters. The van der Waals surface area contributed by atoms with Gasteiger partial charge in [-0.2, -0.15) is 0 Å². The van der Waals surface area contributed by atoms with E-state index in [1.807, 2.05) is 42.5 Å². The monoisotopic (exact) mass is 479 g/mol. The van der Waals surface area contributed by atoms with Crippen LogP contribution in [0.4, 0.5) is 0 Å². The fraction of sp³-hybridized carbons (Fsp3) is 0.0385. The number of carbonyl (C=O) groups is 1. The van der Waals surface area contributed by atoms with Gasteiger partial charge in [-0.15, -0.1) is 0 Å². The molecule has 0 amide bonds. The summed E-state index contributed by atoms with van der Waals surface area (Å²) >= 11 is 12.4. The molecule has 4 aromatic carbocycles. The van der Waals surface area contributed by atoms with Crippen molar-refractivity contribution in [3.8, 4) is 0 Å². The molecule has 0 saturated carbocycles. The molecule has 0 aromatic heterocycles. The van der Waals surface area contributed by atoms with Crippen LogP contribution >= 0.6 is 30.5 Å². The van der Waals surface area contributed by atoms with Gasteiger partial charge in [-0.05, 0) is 42.0 Å². The van der Waals surface area contributed by atoms with Crippen LogP contribution < -0.4 is 15.7 Å². The number of rotatable bonds is 7. The first-order valence-electron chi connectivity index (χ1n) is 10.0. The smallest absolute Gasteiger partial charge is 0.205 e. The second kappa shape index (κ2) is 9.85. The first-order valence-corrected chi connectivity index (χ1v) is 12.5. The normalized spacial score (nSPS) is 12.3. The number of nitrogens with one attached hydrogen (secondary N) is 1. The molecule has 1 atom stereocenters. The van der Waals surface area contributed by atoms with Crippen LogP contribution in [0.25, 0.3) is 0 Å². The van der Waals surface area contributed by atoms with Crippen LogP contribution in [-0.4, -0.2) is 5.78 Å². The van der Waals surface area contributed by atoms with Gasteiger partial charge in [0.05, 0.1) is 10.0 Å². The summed E-state index contributed by atoms with van der Waals surface area (Å²) in [5.41, 5.74) is 1.09. The Hall–Kier alpha value is -2.68. The van der Waals surface area contributed by atoms with E-state index in [4.69, 9.17) is 23.2 Å². The molecule has 0 aliphatic carbocycles. The summed E-state index contributed by atoms with van der Waals surface area (Å²) in [5.74, 6) is -0.212. The van der Waals surface area contributed by atoms with E-state index in [1.165, 1.54) is 0 Å².